The third-order valence-corrected chi connectivity index (χ3v) is 4.39. The molecule has 0 bridgehead atoms. The van der Waals surface area contributed by atoms with Crippen LogP contribution in [0.3, 0.4) is 0 Å². The number of benzene rings is 1. The first-order chi connectivity index (χ1) is 9.61. The van der Waals surface area contributed by atoms with Gasteiger partial charge in [-0.15, -0.1) is 11.8 Å². The lowest BCUT2D eigenvalue weighted by Crippen LogP contribution is -2.46. The highest BCUT2D eigenvalue weighted by Crippen LogP contribution is 2.23. The van der Waals surface area contributed by atoms with Crippen LogP contribution in [0.25, 0.3) is 0 Å². The van der Waals surface area contributed by atoms with E-state index >= 15 is 0 Å². The molecule has 6 heteroatoms. The lowest BCUT2D eigenvalue weighted by molar-refractivity contribution is -0.132. The number of likely N-dealkylation sites (tertiary alicyclic amines) is 1. The first kappa shape index (κ1) is 15.3. The van der Waals surface area contributed by atoms with Gasteiger partial charge in [0.1, 0.15) is 0 Å². The van der Waals surface area contributed by atoms with Crippen LogP contribution in [0.15, 0.2) is 23.1 Å². The lowest BCUT2D eigenvalue weighted by atomic mass is 10.0. The molecule has 0 aliphatic carbocycles. The van der Waals surface area contributed by atoms with E-state index in [0.717, 1.165) is 31.4 Å². The molecule has 1 aliphatic heterocycles. The van der Waals surface area contributed by atoms with Gasteiger partial charge in [0.05, 0.1) is 18.4 Å². The van der Waals surface area contributed by atoms with Gasteiger partial charge in [0.15, 0.2) is 11.6 Å². The fourth-order valence-corrected chi connectivity index (χ4v) is 3.12. The number of rotatable bonds is 4. The molecule has 1 N–H and O–H groups in total. The maximum atomic E-state index is 13.1. The molecule has 0 spiro atoms. The van der Waals surface area contributed by atoms with Crippen LogP contribution < -0.4 is 0 Å². The molecule has 0 saturated carbocycles. The summed E-state index contributed by atoms with van der Waals surface area (Å²) in [6, 6.07) is 3.49. The summed E-state index contributed by atoms with van der Waals surface area (Å²) in [6.07, 6.45) is 2.78. The number of halogens is 2. The number of nitrogens with zero attached hydrogens (tertiary/aromatic N) is 1. The monoisotopic (exact) mass is 301 g/mol. The Morgan fingerprint density at radius 1 is 1.35 bits per heavy atom. The summed E-state index contributed by atoms with van der Waals surface area (Å²) >= 11 is 1.18. The van der Waals surface area contributed by atoms with E-state index in [-0.39, 0.29) is 24.3 Å². The van der Waals surface area contributed by atoms with Gasteiger partial charge in [-0.05, 0) is 37.5 Å². The molecule has 0 radical (unpaired) electrons. The van der Waals surface area contributed by atoms with Gasteiger partial charge >= 0.3 is 0 Å². The van der Waals surface area contributed by atoms with Gasteiger partial charge in [-0.2, -0.15) is 0 Å². The number of aliphatic hydroxyl groups is 1. The highest BCUT2D eigenvalue weighted by Gasteiger charge is 2.25. The molecule has 110 valence electrons. The van der Waals surface area contributed by atoms with Gasteiger partial charge in [0.2, 0.25) is 5.91 Å². The Morgan fingerprint density at radius 3 is 2.85 bits per heavy atom. The molecular weight excluding hydrogens is 284 g/mol. The van der Waals surface area contributed by atoms with Gasteiger partial charge in [-0.25, -0.2) is 8.78 Å². The van der Waals surface area contributed by atoms with Crippen molar-refractivity contribution in [2.24, 2.45) is 0 Å². The topological polar surface area (TPSA) is 40.5 Å². The maximum Gasteiger partial charge on any atom is 0.233 e. The number of carbonyl (C=O) groups excluding carboxylic acids is 1. The number of hydrogen-bond donors (Lipinski definition) is 1. The Bertz CT molecular complexity index is 484. The molecule has 0 aromatic heterocycles. The number of aliphatic hydroxyl groups excluding tert-OH is 1. The van der Waals surface area contributed by atoms with Crippen LogP contribution in [0.2, 0.25) is 0 Å². The van der Waals surface area contributed by atoms with Crippen molar-refractivity contribution in [2.75, 3.05) is 18.9 Å². The summed E-state index contributed by atoms with van der Waals surface area (Å²) in [5.41, 5.74) is 0. The molecule has 1 amide bonds. The second-order valence-electron chi connectivity index (χ2n) is 4.78. The molecule has 1 heterocycles. The van der Waals surface area contributed by atoms with E-state index in [9.17, 15) is 18.7 Å². The van der Waals surface area contributed by atoms with Crippen LogP contribution in [0.1, 0.15) is 19.3 Å². The van der Waals surface area contributed by atoms with E-state index in [0.29, 0.717) is 11.4 Å². The van der Waals surface area contributed by atoms with Crippen molar-refractivity contribution in [3.8, 4) is 0 Å². The van der Waals surface area contributed by atoms with E-state index < -0.39 is 11.6 Å². The fraction of sp³-hybridized carbons (Fsp3) is 0.500. The normalized spacial score (nSPS) is 19.1. The maximum absolute atomic E-state index is 13.1. The van der Waals surface area contributed by atoms with Crippen molar-refractivity contribution < 1.29 is 18.7 Å². The zero-order chi connectivity index (χ0) is 14.5. The standard InChI is InChI=1S/C14H17F2NO2S/c15-12-5-4-11(7-13(12)16)20-9-14(19)17-6-2-1-3-10(17)8-18/h4-5,7,10,18H,1-3,6,8-9H2. The lowest BCUT2D eigenvalue weighted by Gasteiger charge is -2.34. The Kier molecular flexibility index (Phi) is 5.37. The number of hydrogen-bond acceptors (Lipinski definition) is 3. The fourth-order valence-electron chi connectivity index (χ4n) is 2.31. The molecule has 1 aromatic carbocycles. The smallest absolute Gasteiger partial charge is 0.233 e. The largest absolute Gasteiger partial charge is 0.394 e. The molecule has 1 saturated heterocycles. The number of thioether (sulfide) groups is 1. The summed E-state index contributed by atoms with van der Waals surface area (Å²) in [5, 5.41) is 9.27. The van der Waals surface area contributed by atoms with E-state index in [1.807, 2.05) is 0 Å². The van der Waals surface area contributed by atoms with Gasteiger partial charge < -0.3 is 10.0 Å². The van der Waals surface area contributed by atoms with Crippen LogP contribution in [-0.2, 0) is 4.79 Å². The molecule has 3 nitrogen and oxygen atoms in total. The van der Waals surface area contributed by atoms with Crippen molar-refractivity contribution in [3.05, 3.63) is 29.8 Å². The number of piperidine rings is 1. The van der Waals surface area contributed by atoms with Crippen LogP contribution in [0, 0.1) is 11.6 Å². The van der Waals surface area contributed by atoms with E-state index in [1.54, 1.807) is 4.90 Å². The zero-order valence-corrected chi connectivity index (χ0v) is 11.8. The first-order valence-corrected chi connectivity index (χ1v) is 7.58. The Labute approximate surface area is 121 Å². The quantitative estimate of drug-likeness (QED) is 0.868. The Hall–Kier alpha value is -1.14. The molecule has 2 rings (SSSR count). The number of amides is 1. The van der Waals surface area contributed by atoms with E-state index in [2.05, 4.69) is 0 Å². The van der Waals surface area contributed by atoms with Crippen molar-refractivity contribution in [1.82, 2.24) is 4.90 Å². The molecule has 1 fully saturated rings. The second kappa shape index (κ2) is 7.04. The van der Waals surface area contributed by atoms with Gasteiger partial charge in [0, 0.05) is 11.4 Å². The van der Waals surface area contributed by atoms with Crippen molar-refractivity contribution >= 4 is 17.7 Å². The van der Waals surface area contributed by atoms with Crippen LogP contribution in [0.4, 0.5) is 8.78 Å². The molecule has 1 aliphatic rings. The molecule has 1 aromatic rings. The highest BCUT2D eigenvalue weighted by molar-refractivity contribution is 8.00. The van der Waals surface area contributed by atoms with Crippen molar-refractivity contribution in [3.63, 3.8) is 0 Å². The summed E-state index contributed by atoms with van der Waals surface area (Å²) in [6.45, 7) is 0.629. The molecule has 1 unspecified atom stereocenters. The van der Waals surface area contributed by atoms with Crippen LogP contribution >= 0.6 is 11.8 Å². The van der Waals surface area contributed by atoms with Gasteiger partial charge in [-0.3, -0.25) is 4.79 Å². The van der Waals surface area contributed by atoms with E-state index in [4.69, 9.17) is 0 Å². The minimum absolute atomic E-state index is 0.0262. The van der Waals surface area contributed by atoms with Crippen LogP contribution in [0.5, 0.6) is 0 Å². The zero-order valence-electron chi connectivity index (χ0n) is 11.0. The number of carbonyl (C=O) groups is 1. The molecule has 1 atom stereocenters. The average molecular weight is 301 g/mol. The third kappa shape index (κ3) is 3.70. The molecule has 20 heavy (non-hydrogen) atoms. The Balaban J connectivity index is 1.92. The Morgan fingerprint density at radius 2 is 2.15 bits per heavy atom. The predicted octanol–water partition coefficient (Wildman–Crippen LogP) is 2.43. The summed E-state index contributed by atoms with van der Waals surface area (Å²) in [5.74, 6) is -1.70. The average Bonchev–Trinajstić information content (AvgIpc) is 2.48. The molecular formula is C14H17F2NO2S. The van der Waals surface area contributed by atoms with Crippen molar-refractivity contribution in [1.29, 1.82) is 0 Å². The third-order valence-electron chi connectivity index (χ3n) is 3.41. The van der Waals surface area contributed by atoms with Gasteiger partial charge in [-0.1, -0.05) is 0 Å². The van der Waals surface area contributed by atoms with Crippen molar-refractivity contribution in [2.45, 2.75) is 30.2 Å². The second-order valence-corrected chi connectivity index (χ2v) is 5.83. The van der Waals surface area contributed by atoms with Gasteiger partial charge in [0.25, 0.3) is 0 Å². The summed E-state index contributed by atoms with van der Waals surface area (Å²) in [4.78, 5) is 14.3. The summed E-state index contributed by atoms with van der Waals surface area (Å²) < 4.78 is 25.9. The first-order valence-electron chi connectivity index (χ1n) is 6.60. The highest BCUT2D eigenvalue weighted by atomic mass is 32.2. The predicted molar refractivity (Wildman–Crippen MR) is 73.5 cm³/mol. The minimum Gasteiger partial charge on any atom is -0.394 e. The SMILES string of the molecule is O=C(CSc1ccc(F)c(F)c1)N1CCCCC1CO. The van der Waals surface area contributed by atoms with Crippen LogP contribution in [-0.4, -0.2) is 40.9 Å². The summed E-state index contributed by atoms with van der Waals surface area (Å²) in [7, 11) is 0. The minimum atomic E-state index is -0.909. The van der Waals surface area contributed by atoms with E-state index in [1.165, 1.54) is 17.8 Å².